The average Bonchev–Trinajstić information content (AvgIpc) is 3.88. The van der Waals surface area contributed by atoms with E-state index in [1.165, 1.54) is 38.5 Å². The molecule has 14 nitrogen and oxygen atoms in total. The molecule has 19 heteroatoms. The van der Waals surface area contributed by atoms with Crippen molar-refractivity contribution in [1.82, 2.24) is 40.4 Å². The van der Waals surface area contributed by atoms with Gasteiger partial charge in [-0.1, -0.05) is 7.43 Å². The summed E-state index contributed by atoms with van der Waals surface area (Å²) in [6, 6.07) is 12.5. The van der Waals surface area contributed by atoms with Gasteiger partial charge in [0.1, 0.15) is 65.6 Å². The number of H-pyrrole nitrogens is 1. The molecule has 6 aromatic rings. The van der Waals surface area contributed by atoms with E-state index in [-0.39, 0.29) is 20.6 Å². The fourth-order valence-electron chi connectivity index (χ4n) is 5.42. The van der Waals surface area contributed by atoms with E-state index in [0.717, 1.165) is 23.5 Å². The third kappa shape index (κ3) is 11.0. The van der Waals surface area contributed by atoms with Gasteiger partial charge in [-0.15, -0.1) is 0 Å². The number of aromatic nitrogens is 6. The Kier molecular flexibility index (Phi) is 14.7. The standard InChI is InChI=1S/C19H17F2N5O2.C15H12BrF2N3O2.C4H6N2.CH4/c1-11-8-26(10-22-11)17-4-3-15(24-19(17)27-2)18-23-16(9-28-25-18)12-5-13(20)7-14(21)6-12;1-22-15-11(16)2-3-12(20-15)14-19-13(7-23-21-14)8-4-9(17)6-10(18)5-8;1-4-2-5-3-6-4;/h3-8,10,16H,9H2,1-2H3,(H,23,25);2-6,13H,7H2,1H3,(H,19,21);2-3H,1H3,(H,5,6);1H4. The number of amidine groups is 2. The summed E-state index contributed by atoms with van der Waals surface area (Å²) in [7, 11) is 3.02. The van der Waals surface area contributed by atoms with Crippen molar-refractivity contribution in [3.8, 4) is 17.4 Å². The zero-order chi connectivity index (χ0) is 40.5. The van der Waals surface area contributed by atoms with Gasteiger partial charge < -0.3 is 19.0 Å². The average molecular weight is 868 g/mol. The molecule has 0 radical (unpaired) electrons. The van der Waals surface area contributed by atoms with Crippen molar-refractivity contribution in [3.05, 3.63) is 147 Å². The number of rotatable bonds is 7. The van der Waals surface area contributed by atoms with Crippen LogP contribution in [-0.2, 0) is 9.68 Å². The van der Waals surface area contributed by atoms with Crippen molar-refractivity contribution < 1.29 is 36.7 Å². The van der Waals surface area contributed by atoms with Gasteiger partial charge in [0.15, 0.2) is 11.7 Å². The molecule has 6 heterocycles. The Morgan fingerprint density at radius 3 is 1.69 bits per heavy atom. The van der Waals surface area contributed by atoms with Crippen molar-refractivity contribution in [2.24, 2.45) is 9.98 Å². The van der Waals surface area contributed by atoms with Crippen molar-refractivity contribution in [3.63, 3.8) is 0 Å². The first-order valence-electron chi connectivity index (χ1n) is 17.0. The van der Waals surface area contributed by atoms with Crippen LogP contribution in [0.1, 0.15) is 53.4 Å². The van der Waals surface area contributed by atoms with Crippen LogP contribution in [0, 0.1) is 37.1 Å². The van der Waals surface area contributed by atoms with Crippen molar-refractivity contribution >= 4 is 27.6 Å². The molecule has 3 N–H and O–H groups in total. The van der Waals surface area contributed by atoms with E-state index in [9.17, 15) is 17.6 Å². The summed E-state index contributed by atoms with van der Waals surface area (Å²) in [6.45, 7) is 4.14. The van der Waals surface area contributed by atoms with Gasteiger partial charge in [-0.25, -0.2) is 48.5 Å². The minimum atomic E-state index is -0.662. The van der Waals surface area contributed by atoms with Crippen LogP contribution in [0.2, 0.25) is 0 Å². The van der Waals surface area contributed by atoms with Crippen molar-refractivity contribution in [2.45, 2.75) is 33.4 Å². The van der Waals surface area contributed by atoms with Crippen LogP contribution >= 0.6 is 15.9 Å². The molecule has 0 aliphatic carbocycles. The lowest BCUT2D eigenvalue weighted by molar-refractivity contribution is 0.0619. The maximum Gasteiger partial charge on any atom is 0.238 e. The van der Waals surface area contributed by atoms with Crippen molar-refractivity contribution in [2.75, 3.05) is 27.4 Å². The topological polar surface area (TPSA) is 158 Å². The summed E-state index contributed by atoms with van der Waals surface area (Å²) in [6.07, 6.45) is 6.96. The molecule has 0 saturated carbocycles. The molecule has 2 aliphatic rings. The number of hydrogen-bond donors (Lipinski definition) is 3. The Labute approximate surface area is 339 Å². The number of nitrogens with one attached hydrogen (secondary N) is 3. The quantitative estimate of drug-likeness (QED) is 0.138. The van der Waals surface area contributed by atoms with Gasteiger partial charge in [0.25, 0.3) is 0 Å². The maximum absolute atomic E-state index is 13.5. The Morgan fingerprint density at radius 1 is 0.741 bits per heavy atom. The van der Waals surface area contributed by atoms with Crippen LogP contribution in [-0.4, -0.2) is 68.6 Å². The Hall–Kier alpha value is -6.18. The minimum Gasteiger partial charge on any atom is -0.480 e. The van der Waals surface area contributed by atoms with E-state index in [0.29, 0.717) is 56.1 Å². The normalized spacial score (nSPS) is 15.7. The fraction of sp³-hybridized carbons (Fsp3) is 0.231. The number of aromatic amines is 1. The highest BCUT2D eigenvalue weighted by Gasteiger charge is 2.23. The number of nitrogens with zero attached hydrogens (tertiary/aromatic N) is 7. The molecule has 2 aliphatic heterocycles. The molecule has 8 rings (SSSR count). The number of halogens is 5. The number of hydrogen-bond acceptors (Lipinski definition) is 12. The first-order valence-corrected chi connectivity index (χ1v) is 17.8. The first-order chi connectivity index (χ1) is 27.5. The number of pyridine rings is 2. The first kappa shape index (κ1) is 43.0. The predicted octanol–water partition coefficient (Wildman–Crippen LogP) is 7.39. The molecule has 2 aromatic carbocycles. The smallest absolute Gasteiger partial charge is 0.238 e. The Bertz CT molecular complexity index is 2340. The number of hydroxylamine groups is 2. The lowest BCUT2D eigenvalue weighted by Crippen LogP contribution is -2.33. The van der Waals surface area contributed by atoms with Gasteiger partial charge in [0, 0.05) is 30.2 Å². The molecule has 304 valence electrons. The summed E-state index contributed by atoms with van der Waals surface area (Å²) in [4.78, 5) is 39.2. The lowest BCUT2D eigenvalue weighted by atomic mass is 10.1. The molecule has 0 fully saturated rings. The number of methoxy groups -OCH3 is 2. The highest BCUT2D eigenvalue weighted by molar-refractivity contribution is 9.10. The van der Waals surface area contributed by atoms with E-state index >= 15 is 0 Å². The van der Waals surface area contributed by atoms with Crippen LogP contribution in [0.5, 0.6) is 11.8 Å². The highest BCUT2D eigenvalue weighted by atomic mass is 79.9. The van der Waals surface area contributed by atoms with Crippen LogP contribution in [0.4, 0.5) is 17.6 Å². The molecular weight excluding hydrogens is 828 g/mol. The van der Waals surface area contributed by atoms with Gasteiger partial charge in [-0.3, -0.25) is 19.7 Å². The second kappa shape index (κ2) is 19.8. The minimum absolute atomic E-state index is 0. The maximum atomic E-state index is 13.5. The monoisotopic (exact) mass is 866 g/mol. The van der Waals surface area contributed by atoms with Crippen LogP contribution in [0.25, 0.3) is 5.69 Å². The van der Waals surface area contributed by atoms with Gasteiger partial charge in [0.05, 0.1) is 37.0 Å². The molecule has 0 amide bonds. The molecule has 4 aromatic heterocycles. The van der Waals surface area contributed by atoms with Crippen LogP contribution in [0.15, 0.2) is 100 Å². The molecule has 0 saturated heterocycles. The largest absolute Gasteiger partial charge is 0.480 e. The molecule has 58 heavy (non-hydrogen) atoms. The lowest BCUT2D eigenvalue weighted by Gasteiger charge is -2.22. The van der Waals surface area contributed by atoms with Crippen LogP contribution in [0.3, 0.4) is 0 Å². The molecular formula is C39H39BrF4N10O4. The summed E-state index contributed by atoms with van der Waals surface area (Å²) >= 11 is 3.32. The van der Waals surface area contributed by atoms with Crippen molar-refractivity contribution in [1.29, 1.82) is 0 Å². The Morgan fingerprint density at radius 2 is 1.26 bits per heavy atom. The highest BCUT2D eigenvalue weighted by Crippen LogP contribution is 2.27. The predicted molar refractivity (Wildman–Crippen MR) is 211 cm³/mol. The zero-order valence-electron chi connectivity index (χ0n) is 30.8. The second-order valence-corrected chi connectivity index (χ2v) is 13.1. The van der Waals surface area contributed by atoms with Gasteiger partial charge in [-0.05, 0) is 89.4 Å². The number of ether oxygens (including phenoxy) is 2. The molecule has 2 atom stereocenters. The number of benzene rings is 2. The zero-order valence-corrected chi connectivity index (χ0v) is 32.4. The summed E-state index contributed by atoms with van der Waals surface area (Å²) < 4.78 is 66.8. The molecule has 2 unspecified atom stereocenters. The summed E-state index contributed by atoms with van der Waals surface area (Å²) in [5, 5.41) is 0. The van der Waals surface area contributed by atoms with E-state index in [1.54, 1.807) is 41.6 Å². The number of aliphatic imine (C=N–C) groups is 2. The van der Waals surface area contributed by atoms with E-state index in [1.807, 2.05) is 26.1 Å². The fourth-order valence-corrected chi connectivity index (χ4v) is 5.80. The molecule has 0 bridgehead atoms. The van der Waals surface area contributed by atoms with Gasteiger partial charge >= 0.3 is 0 Å². The third-order valence-electron chi connectivity index (χ3n) is 8.08. The molecule has 0 spiro atoms. The van der Waals surface area contributed by atoms with Gasteiger partial charge in [-0.2, -0.15) is 0 Å². The summed E-state index contributed by atoms with van der Waals surface area (Å²) in [5.41, 5.74) is 9.80. The van der Waals surface area contributed by atoms with Crippen LogP contribution < -0.4 is 20.4 Å². The SMILES string of the molecule is C.COc1nc(C2=NC(c3cc(F)cc(F)c3)CON2)ccc1-n1cnc(C)c1.COc1nc(C2=NC(c3cc(F)cc(F)c3)CON2)ccc1Br.Cc1cnc[nH]1. The van der Waals surface area contributed by atoms with E-state index in [2.05, 4.69) is 61.8 Å². The van der Waals surface area contributed by atoms with E-state index < -0.39 is 35.4 Å². The number of imidazole rings is 2. The summed E-state index contributed by atoms with van der Waals surface area (Å²) in [5.74, 6) is -1.17. The Balaban J connectivity index is 0.000000193. The number of aryl methyl sites for hydroxylation is 2. The van der Waals surface area contributed by atoms with Gasteiger partial charge in [0.2, 0.25) is 11.8 Å². The third-order valence-corrected chi connectivity index (χ3v) is 8.68. The second-order valence-electron chi connectivity index (χ2n) is 12.3. The van der Waals surface area contributed by atoms with E-state index in [4.69, 9.17) is 19.1 Å².